The van der Waals surface area contributed by atoms with Crippen molar-refractivity contribution in [2.24, 2.45) is 0 Å². The van der Waals surface area contributed by atoms with Crippen molar-refractivity contribution in [3.63, 3.8) is 0 Å². The summed E-state index contributed by atoms with van der Waals surface area (Å²) >= 11 is 0. The molecule has 0 radical (unpaired) electrons. The van der Waals surface area contributed by atoms with Gasteiger partial charge < -0.3 is 30.4 Å². The number of aromatic amines is 1. The number of likely N-dealkylation sites (tertiary alicyclic amines) is 1. The number of halogens is 1. The molecular weight excluding hydrogens is 467 g/mol. The molecule has 3 amide bonds. The number of carbonyl (C=O) groups is 3. The third-order valence-electron chi connectivity index (χ3n) is 6.80. The molecule has 0 saturated carbocycles. The van der Waals surface area contributed by atoms with Gasteiger partial charge >= 0.3 is 0 Å². The van der Waals surface area contributed by atoms with Gasteiger partial charge in [-0.15, -0.1) is 0 Å². The van der Waals surface area contributed by atoms with Crippen molar-refractivity contribution in [1.29, 1.82) is 0 Å². The number of hydrogen-bond acceptors (Lipinski definition) is 5. The van der Waals surface area contributed by atoms with Crippen LogP contribution in [0.2, 0.25) is 0 Å². The van der Waals surface area contributed by atoms with Crippen LogP contribution in [-0.4, -0.2) is 71.7 Å². The van der Waals surface area contributed by atoms with Gasteiger partial charge in [-0.3, -0.25) is 14.4 Å². The van der Waals surface area contributed by atoms with E-state index in [1.54, 1.807) is 24.8 Å². The summed E-state index contributed by atoms with van der Waals surface area (Å²) in [6.07, 6.45) is 2.01. The number of carbonyl (C=O) groups excluding carboxylic acids is 3. The van der Waals surface area contributed by atoms with E-state index in [4.69, 9.17) is 4.74 Å². The van der Waals surface area contributed by atoms with Gasteiger partial charge in [-0.05, 0) is 56.5 Å². The number of aliphatic hydroxyl groups is 1. The largest absolute Gasteiger partial charge is 0.393 e. The molecule has 0 aliphatic carbocycles. The summed E-state index contributed by atoms with van der Waals surface area (Å²) in [6.45, 7) is 4.70. The first kappa shape index (κ1) is 25.6. The quantitative estimate of drug-likeness (QED) is 0.437. The lowest BCUT2D eigenvalue weighted by molar-refractivity contribution is -0.135. The fourth-order valence-electron chi connectivity index (χ4n) is 4.68. The second-order valence-electron chi connectivity index (χ2n) is 9.25. The van der Waals surface area contributed by atoms with Crippen LogP contribution >= 0.6 is 0 Å². The molecule has 1 aromatic carbocycles. The summed E-state index contributed by atoms with van der Waals surface area (Å²) in [7, 11) is 1.49. The Morgan fingerprint density at radius 3 is 2.72 bits per heavy atom. The first-order valence-electron chi connectivity index (χ1n) is 12.0. The molecule has 10 heteroatoms. The molecule has 0 bridgehead atoms. The van der Waals surface area contributed by atoms with E-state index in [-0.39, 0.29) is 36.8 Å². The highest BCUT2D eigenvalue weighted by Gasteiger charge is 2.27. The zero-order valence-corrected chi connectivity index (χ0v) is 20.6. The van der Waals surface area contributed by atoms with Gasteiger partial charge in [0, 0.05) is 49.4 Å². The maximum Gasteiger partial charge on any atom is 0.256 e. The average Bonchev–Trinajstić information content (AvgIpc) is 3.31. The number of hydrogen-bond donors (Lipinski definition) is 4. The molecule has 1 unspecified atom stereocenters. The normalized spacial score (nSPS) is 17.8. The summed E-state index contributed by atoms with van der Waals surface area (Å²) in [5.74, 6) is -1.19. The number of methoxy groups -OCH3 is 1. The SMILES string of the molecule is COC(CNC(=O)c1c(C)[nH]c(/C=C2\C(=O)Nc3ccc(F)cc32)c1C)CC(=O)N1CCC(O)CC1. The molecule has 2 aliphatic heterocycles. The van der Waals surface area contributed by atoms with Crippen LogP contribution in [0.3, 0.4) is 0 Å². The monoisotopic (exact) mass is 498 g/mol. The van der Waals surface area contributed by atoms with Gasteiger partial charge in [0.25, 0.3) is 11.8 Å². The van der Waals surface area contributed by atoms with Crippen molar-refractivity contribution < 1.29 is 28.6 Å². The second-order valence-corrected chi connectivity index (χ2v) is 9.25. The van der Waals surface area contributed by atoms with E-state index in [9.17, 15) is 23.9 Å². The molecule has 4 N–H and O–H groups in total. The van der Waals surface area contributed by atoms with E-state index in [0.717, 1.165) is 0 Å². The Morgan fingerprint density at radius 2 is 2.03 bits per heavy atom. The fraction of sp³-hybridized carbons (Fsp3) is 0.423. The topological polar surface area (TPSA) is 124 Å². The summed E-state index contributed by atoms with van der Waals surface area (Å²) in [6, 6.07) is 4.10. The van der Waals surface area contributed by atoms with Gasteiger partial charge in [0.05, 0.1) is 29.8 Å². The molecule has 2 aliphatic rings. The zero-order valence-electron chi connectivity index (χ0n) is 20.6. The zero-order chi connectivity index (χ0) is 26.0. The van der Waals surface area contributed by atoms with Gasteiger partial charge in [0.1, 0.15) is 5.82 Å². The maximum absolute atomic E-state index is 13.8. The molecule has 192 valence electrons. The number of ether oxygens (including phenoxy) is 1. The minimum absolute atomic E-state index is 0.0718. The van der Waals surface area contributed by atoms with Crippen LogP contribution in [0.4, 0.5) is 10.1 Å². The molecule has 1 atom stereocenters. The Hall–Kier alpha value is -3.50. The molecule has 1 fully saturated rings. The van der Waals surface area contributed by atoms with Crippen LogP contribution < -0.4 is 10.6 Å². The number of anilines is 1. The first-order chi connectivity index (χ1) is 17.2. The lowest BCUT2D eigenvalue weighted by atomic mass is 10.0. The molecule has 3 heterocycles. The van der Waals surface area contributed by atoms with E-state index in [2.05, 4.69) is 15.6 Å². The summed E-state index contributed by atoms with van der Waals surface area (Å²) < 4.78 is 19.2. The van der Waals surface area contributed by atoms with Gasteiger partial charge in [0.15, 0.2) is 0 Å². The Balaban J connectivity index is 1.44. The van der Waals surface area contributed by atoms with Crippen molar-refractivity contribution in [3.8, 4) is 0 Å². The number of nitrogens with one attached hydrogen (secondary N) is 3. The number of aryl methyl sites for hydroxylation is 1. The third kappa shape index (κ3) is 5.34. The van der Waals surface area contributed by atoms with Crippen molar-refractivity contribution in [2.75, 3.05) is 32.1 Å². The lowest BCUT2D eigenvalue weighted by Gasteiger charge is -2.30. The molecule has 1 saturated heterocycles. The minimum Gasteiger partial charge on any atom is -0.393 e. The van der Waals surface area contributed by atoms with Crippen LogP contribution in [0.15, 0.2) is 18.2 Å². The van der Waals surface area contributed by atoms with Gasteiger partial charge in [-0.25, -0.2) is 4.39 Å². The predicted octanol–water partition coefficient (Wildman–Crippen LogP) is 2.38. The van der Waals surface area contributed by atoms with E-state index < -0.39 is 11.9 Å². The lowest BCUT2D eigenvalue weighted by Crippen LogP contribution is -2.43. The molecule has 9 nitrogen and oxygen atoms in total. The highest BCUT2D eigenvalue weighted by molar-refractivity contribution is 6.34. The minimum atomic E-state index is -0.497. The van der Waals surface area contributed by atoms with Crippen LogP contribution in [0.5, 0.6) is 0 Å². The number of piperidine rings is 1. The van der Waals surface area contributed by atoms with Gasteiger partial charge in [0.2, 0.25) is 5.91 Å². The van der Waals surface area contributed by atoms with Crippen molar-refractivity contribution in [1.82, 2.24) is 15.2 Å². The van der Waals surface area contributed by atoms with E-state index in [1.165, 1.54) is 25.3 Å². The molecule has 36 heavy (non-hydrogen) atoms. The number of amides is 3. The van der Waals surface area contributed by atoms with Crippen LogP contribution in [0.1, 0.15) is 52.1 Å². The third-order valence-corrected chi connectivity index (χ3v) is 6.80. The number of H-pyrrole nitrogens is 1. The van der Waals surface area contributed by atoms with Crippen LogP contribution in [-0.2, 0) is 14.3 Å². The van der Waals surface area contributed by atoms with E-state index >= 15 is 0 Å². The van der Waals surface area contributed by atoms with Crippen molar-refractivity contribution in [2.45, 2.75) is 45.3 Å². The highest BCUT2D eigenvalue weighted by Crippen LogP contribution is 2.34. The number of nitrogens with zero attached hydrogens (tertiary/aromatic N) is 1. The number of aliphatic hydroxyl groups excluding tert-OH is 1. The number of aromatic nitrogens is 1. The van der Waals surface area contributed by atoms with Gasteiger partial charge in [-0.1, -0.05) is 0 Å². The summed E-state index contributed by atoms with van der Waals surface area (Å²) in [5.41, 5.74) is 3.58. The summed E-state index contributed by atoms with van der Waals surface area (Å²) in [5, 5.41) is 15.2. The molecular formula is C26H31FN4O5. The Bertz CT molecular complexity index is 1210. The predicted molar refractivity (Wildman–Crippen MR) is 133 cm³/mol. The van der Waals surface area contributed by atoms with Crippen molar-refractivity contribution >= 4 is 35.1 Å². The smallest absolute Gasteiger partial charge is 0.256 e. The number of rotatable bonds is 7. The Labute approximate surface area is 208 Å². The highest BCUT2D eigenvalue weighted by atomic mass is 19.1. The maximum atomic E-state index is 13.8. The average molecular weight is 499 g/mol. The molecule has 2 aromatic rings. The standard InChI is InChI=1S/C26H31FN4O5/c1-14-22(12-20-19-10-16(27)4-5-21(19)30-25(20)34)29-15(2)24(14)26(35)28-13-18(36-3)11-23(33)31-8-6-17(32)7-9-31/h4-5,10,12,17-18,29,32H,6-9,11,13H2,1-3H3,(H,28,35)(H,30,34)/b20-12-. The van der Waals surface area contributed by atoms with Crippen molar-refractivity contribution in [3.05, 3.63) is 52.1 Å². The first-order valence-corrected chi connectivity index (χ1v) is 12.0. The van der Waals surface area contributed by atoms with Crippen LogP contribution in [0, 0.1) is 19.7 Å². The summed E-state index contributed by atoms with van der Waals surface area (Å²) in [4.78, 5) is 42.9. The Morgan fingerprint density at radius 1 is 1.31 bits per heavy atom. The molecule has 0 spiro atoms. The second kappa shape index (κ2) is 10.6. The van der Waals surface area contributed by atoms with E-state index in [0.29, 0.717) is 65.3 Å². The number of benzene rings is 1. The fourth-order valence-corrected chi connectivity index (χ4v) is 4.68. The molecule has 4 rings (SSSR count). The number of fused-ring (bicyclic) bond motifs is 1. The van der Waals surface area contributed by atoms with E-state index in [1.807, 2.05) is 0 Å². The molecule has 1 aromatic heterocycles. The Kier molecular flexibility index (Phi) is 7.56. The van der Waals surface area contributed by atoms with Crippen LogP contribution in [0.25, 0.3) is 11.6 Å². The van der Waals surface area contributed by atoms with Gasteiger partial charge in [-0.2, -0.15) is 0 Å².